The number of hydrogen-bond donors (Lipinski definition) is 3. The molecule has 0 bridgehead atoms. The minimum Gasteiger partial charge on any atom is -0.354 e. The zero-order valence-corrected chi connectivity index (χ0v) is 9.86. The molecule has 1 aliphatic rings. The van der Waals surface area contributed by atoms with Crippen LogP contribution in [-0.4, -0.2) is 54.8 Å². The van der Waals surface area contributed by atoms with Crippen LogP contribution in [0.2, 0.25) is 0 Å². The molecule has 7 nitrogen and oxygen atoms in total. The third-order valence-electron chi connectivity index (χ3n) is 2.55. The van der Waals surface area contributed by atoms with Crippen molar-refractivity contribution >= 4 is 17.7 Å². The molecule has 0 radical (unpaired) electrons. The fourth-order valence-corrected chi connectivity index (χ4v) is 1.78. The Balaban J connectivity index is 2.56. The Morgan fingerprint density at radius 3 is 2.88 bits per heavy atom. The van der Waals surface area contributed by atoms with Crippen molar-refractivity contribution in [1.29, 1.82) is 0 Å². The predicted molar refractivity (Wildman–Crippen MR) is 60.9 cm³/mol. The predicted octanol–water partition coefficient (Wildman–Crippen LogP) is -2.20. The number of carbonyl (C=O) groups excluding carboxylic acids is 3. The lowest BCUT2D eigenvalue weighted by Gasteiger charge is -2.32. The second-order valence-electron chi connectivity index (χ2n) is 3.88. The van der Waals surface area contributed by atoms with Crippen molar-refractivity contribution in [2.24, 2.45) is 5.73 Å². The van der Waals surface area contributed by atoms with Crippen LogP contribution in [0.15, 0.2) is 0 Å². The third-order valence-corrected chi connectivity index (χ3v) is 2.55. The summed E-state index contributed by atoms with van der Waals surface area (Å²) in [5.41, 5.74) is 5.26. The molecule has 0 aliphatic carbocycles. The molecule has 0 saturated carbocycles. The van der Waals surface area contributed by atoms with E-state index in [4.69, 9.17) is 5.73 Å². The Morgan fingerprint density at radius 2 is 2.29 bits per heavy atom. The van der Waals surface area contributed by atoms with Crippen LogP contribution in [0.5, 0.6) is 0 Å². The number of nitrogens with one attached hydrogen (secondary N) is 2. The number of piperazine rings is 1. The van der Waals surface area contributed by atoms with Gasteiger partial charge in [-0.3, -0.25) is 24.6 Å². The van der Waals surface area contributed by atoms with E-state index in [2.05, 4.69) is 10.6 Å². The molecule has 0 aromatic rings. The first-order valence-electron chi connectivity index (χ1n) is 5.63. The van der Waals surface area contributed by atoms with Crippen LogP contribution in [0, 0.1) is 0 Å². The zero-order valence-electron chi connectivity index (χ0n) is 9.86. The van der Waals surface area contributed by atoms with Crippen molar-refractivity contribution in [3.05, 3.63) is 0 Å². The van der Waals surface area contributed by atoms with Gasteiger partial charge in [-0.25, -0.2) is 0 Å². The lowest BCUT2D eigenvalue weighted by atomic mass is 10.1. The minimum absolute atomic E-state index is 0.0394. The third kappa shape index (κ3) is 3.79. The SMILES string of the molecule is CCC1C(=O)NC(=O)CN1CC(=O)NCCN. The van der Waals surface area contributed by atoms with Gasteiger partial charge in [-0.15, -0.1) is 0 Å². The molecule has 1 saturated heterocycles. The number of rotatable bonds is 5. The quantitative estimate of drug-likeness (QED) is 0.474. The molecule has 96 valence electrons. The molecule has 1 heterocycles. The van der Waals surface area contributed by atoms with Gasteiger partial charge in [-0.05, 0) is 6.42 Å². The smallest absolute Gasteiger partial charge is 0.243 e. The molecule has 1 atom stereocenters. The van der Waals surface area contributed by atoms with Crippen LogP contribution in [-0.2, 0) is 14.4 Å². The minimum atomic E-state index is -0.420. The topological polar surface area (TPSA) is 105 Å². The molecular weight excluding hydrogens is 224 g/mol. The highest BCUT2D eigenvalue weighted by Gasteiger charge is 2.33. The van der Waals surface area contributed by atoms with E-state index in [1.165, 1.54) is 0 Å². The Hall–Kier alpha value is -1.47. The molecule has 17 heavy (non-hydrogen) atoms. The molecular formula is C10H18N4O3. The van der Waals surface area contributed by atoms with Crippen LogP contribution in [0.25, 0.3) is 0 Å². The van der Waals surface area contributed by atoms with Gasteiger partial charge in [0.25, 0.3) is 0 Å². The Labute approximate surface area is 99.7 Å². The zero-order chi connectivity index (χ0) is 12.8. The van der Waals surface area contributed by atoms with Crippen LogP contribution in [0.4, 0.5) is 0 Å². The molecule has 4 N–H and O–H groups in total. The van der Waals surface area contributed by atoms with E-state index >= 15 is 0 Å². The highest BCUT2D eigenvalue weighted by molar-refractivity contribution is 6.01. The Kier molecular flexibility index (Phi) is 5.05. The molecule has 1 rings (SSSR count). The van der Waals surface area contributed by atoms with Crippen molar-refractivity contribution in [1.82, 2.24) is 15.5 Å². The highest BCUT2D eigenvalue weighted by atomic mass is 16.2. The molecule has 0 aromatic heterocycles. The van der Waals surface area contributed by atoms with E-state index in [0.717, 1.165) is 0 Å². The number of nitrogens with two attached hydrogens (primary N) is 1. The Bertz CT molecular complexity index is 319. The number of nitrogens with zero attached hydrogens (tertiary/aromatic N) is 1. The first kappa shape index (κ1) is 13.6. The van der Waals surface area contributed by atoms with Gasteiger partial charge in [0.05, 0.1) is 19.1 Å². The first-order valence-corrected chi connectivity index (χ1v) is 5.63. The van der Waals surface area contributed by atoms with Crippen molar-refractivity contribution in [2.75, 3.05) is 26.2 Å². The van der Waals surface area contributed by atoms with Crippen LogP contribution >= 0.6 is 0 Å². The maximum absolute atomic E-state index is 11.5. The summed E-state index contributed by atoms with van der Waals surface area (Å²) >= 11 is 0. The van der Waals surface area contributed by atoms with Crippen molar-refractivity contribution in [3.8, 4) is 0 Å². The molecule has 0 spiro atoms. The average Bonchev–Trinajstić information content (AvgIpc) is 2.25. The lowest BCUT2D eigenvalue weighted by molar-refractivity contribution is -0.141. The maximum Gasteiger partial charge on any atom is 0.243 e. The highest BCUT2D eigenvalue weighted by Crippen LogP contribution is 2.08. The standard InChI is InChI=1S/C10H18N4O3/c1-2-7-10(17)13-9(16)6-14(7)5-8(15)12-4-3-11/h7H,2-6,11H2,1H3,(H,12,15)(H,13,16,17). The summed E-state index contributed by atoms with van der Waals surface area (Å²) in [4.78, 5) is 35.8. The Morgan fingerprint density at radius 1 is 1.59 bits per heavy atom. The average molecular weight is 242 g/mol. The van der Waals surface area contributed by atoms with E-state index in [1.54, 1.807) is 4.90 Å². The van der Waals surface area contributed by atoms with E-state index in [1.807, 2.05) is 6.92 Å². The number of amides is 3. The first-order chi connectivity index (χ1) is 8.08. The van der Waals surface area contributed by atoms with Crippen molar-refractivity contribution in [2.45, 2.75) is 19.4 Å². The summed E-state index contributed by atoms with van der Waals surface area (Å²) in [6.45, 7) is 2.70. The van der Waals surface area contributed by atoms with E-state index in [0.29, 0.717) is 19.5 Å². The second-order valence-corrected chi connectivity index (χ2v) is 3.88. The molecule has 0 aromatic carbocycles. The molecule has 1 unspecified atom stereocenters. The summed E-state index contributed by atoms with van der Waals surface area (Å²) in [6, 6.07) is -0.420. The fraction of sp³-hybridized carbons (Fsp3) is 0.700. The summed E-state index contributed by atoms with van der Waals surface area (Å²) in [7, 11) is 0. The molecule has 7 heteroatoms. The van der Waals surface area contributed by atoms with Gasteiger partial charge in [0.15, 0.2) is 0 Å². The number of imide groups is 1. The lowest BCUT2D eigenvalue weighted by Crippen LogP contribution is -2.59. The maximum atomic E-state index is 11.5. The van der Waals surface area contributed by atoms with Gasteiger partial charge in [-0.1, -0.05) is 6.92 Å². The summed E-state index contributed by atoms with van der Waals surface area (Å²) in [5.74, 6) is -0.932. The van der Waals surface area contributed by atoms with Gasteiger partial charge < -0.3 is 11.1 Å². The van der Waals surface area contributed by atoms with Gasteiger partial charge in [0.2, 0.25) is 17.7 Å². The van der Waals surface area contributed by atoms with E-state index < -0.39 is 6.04 Å². The normalized spacial score (nSPS) is 21.2. The second kappa shape index (κ2) is 6.31. The van der Waals surface area contributed by atoms with Crippen molar-refractivity contribution < 1.29 is 14.4 Å². The fourth-order valence-electron chi connectivity index (χ4n) is 1.78. The molecule has 1 aliphatic heterocycles. The van der Waals surface area contributed by atoms with E-state index in [-0.39, 0.29) is 30.8 Å². The van der Waals surface area contributed by atoms with Crippen LogP contribution in [0.1, 0.15) is 13.3 Å². The summed E-state index contributed by atoms with van der Waals surface area (Å²) < 4.78 is 0. The largest absolute Gasteiger partial charge is 0.354 e. The van der Waals surface area contributed by atoms with Crippen molar-refractivity contribution in [3.63, 3.8) is 0 Å². The van der Waals surface area contributed by atoms with Gasteiger partial charge in [-0.2, -0.15) is 0 Å². The molecule has 3 amide bonds. The van der Waals surface area contributed by atoms with Gasteiger partial charge >= 0.3 is 0 Å². The van der Waals surface area contributed by atoms with E-state index in [9.17, 15) is 14.4 Å². The monoisotopic (exact) mass is 242 g/mol. The van der Waals surface area contributed by atoms with Crippen LogP contribution in [0.3, 0.4) is 0 Å². The van der Waals surface area contributed by atoms with Gasteiger partial charge in [0.1, 0.15) is 0 Å². The van der Waals surface area contributed by atoms with Crippen LogP contribution < -0.4 is 16.4 Å². The summed E-state index contributed by atoms with van der Waals surface area (Å²) in [5, 5.41) is 4.86. The molecule has 1 fully saturated rings. The summed E-state index contributed by atoms with van der Waals surface area (Å²) in [6.07, 6.45) is 0.559. The van der Waals surface area contributed by atoms with Gasteiger partial charge in [0, 0.05) is 13.1 Å². The number of hydrogen-bond acceptors (Lipinski definition) is 5. The number of carbonyl (C=O) groups is 3.